The number of allylic oxidation sites excluding steroid dienone is 6. The highest BCUT2D eigenvalue weighted by atomic mass is 19.1. The Bertz CT molecular complexity index is 850. The first-order chi connectivity index (χ1) is 15.6. The second kappa shape index (κ2) is 13.3. The molecule has 32 heavy (non-hydrogen) atoms. The second-order valence-corrected chi connectivity index (χ2v) is 7.17. The molecule has 2 heterocycles. The maximum absolute atomic E-state index is 13.3. The van der Waals surface area contributed by atoms with E-state index in [9.17, 15) is 4.39 Å². The van der Waals surface area contributed by atoms with E-state index in [4.69, 9.17) is 14.7 Å². The van der Waals surface area contributed by atoms with Gasteiger partial charge in [-0.05, 0) is 31.1 Å². The Kier molecular flexibility index (Phi) is 10.5. The molecule has 0 aromatic rings. The average Bonchev–Trinajstić information content (AvgIpc) is 3.35. The van der Waals surface area contributed by atoms with Crippen molar-refractivity contribution in [2.24, 2.45) is 9.98 Å². The number of ether oxygens (including phenoxy) is 2. The molecule has 0 radical (unpaired) electrons. The molecule has 0 N–H and O–H groups in total. The SMILES string of the molecule is C=CCC(F)/C=C/CN=C/C(=C\CC)OCC1CN2C(=NC3C=C(C#N)C=CC32)O1.CC. The van der Waals surface area contributed by atoms with Crippen molar-refractivity contribution in [1.29, 1.82) is 5.26 Å². The highest BCUT2D eigenvalue weighted by molar-refractivity contribution is 5.80. The summed E-state index contributed by atoms with van der Waals surface area (Å²) < 4.78 is 25.2. The minimum atomic E-state index is -1.02. The van der Waals surface area contributed by atoms with E-state index >= 15 is 0 Å². The third-order valence-corrected chi connectivity index (χ3v) is 4.85. The summed E-state index contributed by atoms with van der Waals surface area (Å²) in [5.74, 6) is 0.670. The van der Waals surface area contributed by atoms with Crippen molar-refractivity contribution in [2.75, 3.05) is 19.7 Å². The summed E-state index contributed by atoms with van der Waals surface area (Å²) in [5, 5.41) is 9.04. The van der Waals surface area contributed by atoms with E-state index in [0.717, 1.165) is 6.42 Å². The molecular formula is C25H33FN4O2. The fourth-order valence-corrected chi connectivity index (χ4v) is 3.44. The number of rotatable bonds is 10. The Morgan fingerprint density at radius 2 is 2.34 bits per heavy atom. The van der Waals surface area contributed by atoms with Crippen molar-refractivity contribution in [3.05, 3.63) is 60.4 Å². The lowest BCUT2D eigenvalue weighted by atomic mass is 9.99. The molecule has 172 valence electrons. The Labute approximate surface area is 190 Å². The Hall–Kier alpha value is -3.14. The fourth-order valence-electron chi connectivity index (χ4n) is 3.44. The van der Waals surface area contributed by atoms with Crippen LogP contribution in [-0.4, -0.2) is 61.2 Å². The molecule has 4 atom stereocenters. The van der Waals surface area contributed by atoms with Gasteiger partial charge in [0.15, 0.2) is 6.10 Å². The van der Waals surface area contributed by atoms with Crippen LogP contribution >= 0.6 is 0 Å². The lowest BCUT2D eigenvalue weighted by Gasteiger charge is -2.23. The standard InChI is InChI=1S/C23H27FN4O2.C2H6/c1-3-6-18(24)8-5-11-26-14-19(7-4-2)29-16-20-15-28-22-10-9-17(13-25)12-21(22)27-23(28)30-20;1-2/h3,5,7-10,12,14,18,20-22H,1,4,6,11,15-16H2,2H3;1-2H3/b8-5+,19-7+,26-14?;. The van der Waals surface area contributed by atoms with Gasteiger partial charge in [0.2, 0.25) is 0 Å². The van der Waals surface area contributed by atoms with Crippen molar-refractivity contribution in [1.82, 2.24) is 4.90 Å². The first-order valence-corrected chi connectivity index (χ1v) is 11.2. The van der Waals surface area contributed by atoms with Crippen LogP contribution in [0, 0.1) is 11.3 Å². The van der Waals surface area contributed by atoms with Gasteiger partial charge >= 0.3 is 0 Å². The van der Waals surface area contributed by atoms with Gasteiger partial charge < -0.3 is 14.4 Å². The second-order valence-electron chi connectivity index (χ2n) is 7.17. The molecule has 7 heteroatoms. The smallest absolute Gasteiger partial charge is 0.289 e. The molecule has 1 fully saturated rings. The maximum Gasteiger partial charge on any atom is 0.289 e. The van der Waals surface area contributed by atoms with Crippen LogP contribution in [-0.2, 0) is 9.47 Å². The van der Waals surface area contributed by atoms with Gasteiger partial charge in [-0.2, -0.15) is 5.26 Å². The number of nitriles is 1. The molecule has 3 aliphatic rings. The van der Waals surface area contributed by atoms with Gasteiger partial charge in [-0.3, -0.25) is 4.99 Å². The predicted octanol–water partition coefficient (Wildman–Crippen LogP) is 4.69. The van der Waals surface area contributed by atoms with Crippen LogP contribution in [0.4, 0.5) is 4.39 Å². The number of hydrogen-bond donors (Lipinski definition) is 0. The van der Waals surface area contributed by atoms with Gasteiger partial charge in [-0.15, -0.1) is 6.58 Å². The number of hydrogen-bond acceptors (Lipinski definition) is 6. The zero-order valence-corrected chi connectivity index (χ0v) is 19.2. The molecule has 2 aliphatic heterocycles. The number of amidine groups is 1. The van der Waals surface area contributed by atoms with E-state index in [1.54, 1.807) is 18.4 Å². The first-order valence-electron chi connectivity index (χ1n) is 11.2. The highest BCUT2D eigenvalue weighted by Crippen LogP contribution is 2.30. The molecule has 1 saturated heterocycles. The van der Waals surface area contributed by atoms with Crippen LogP contribution < -0.4 is 0 Å². The summed E-state index contributed by atoms with van der Waals surface area (Å²) in [6.45, 7) is 11.0. The number of halogens is 1. The minimum Gasteiger partial charge on any atom is -0.488 e. The maximum atomic E-state index is 13.3. The molecule has 0 saturated carbocycles. The van der Waals surface area contributed by atoms with E-state index in [-0.39, 0.29) is 18.2 Å². The van der Waals surface area contributed by atoms with Crippen molar-refractivity contribution >= 4 is 12.2 Å². The molecule has 0 aromatic heterocycles. The van der Waals surface area contributed by atoms with Crippen LogP contribution in [0.5, 0.6) is 0 Å². The minimum absolute atomic E-state index is 0.0624. The van der Waals surface area contributed by atoms with E-state index in [1.807, 2.05) is 45.1 Å². The summed E-state index contributed by atoms with van der Waals surface area (Å²) in [5.41, 5.74) is 0.632. The Morgan fingerprint density at radius 1 is 1.53 bits per heavy atom. The van der Waals surface area contributed by atoms with E-state index < -0.39 is 6.17 Å². The topological polar surface area (TPSA) is 70.2 Å². The normalized spacial score (nSPS) is 24.7. The quantitative estimate of drug-likeness (QED) is 0.281. The summed E-state index contributed by atoms with van der Waals surface area (Å²) in [6, 6.07) is 2.80. The lowest BCUT2D eigenvalue weighted by Crippen LogP contribution is -2.37. The molecule has 1 aliphatic carbocycles. The molecule has 0 aromatic carbocycles. The van der Waals surface area contributed by atoms with Gasteiger partial charge in [0, 0.05) is 5.57 Å². The third kappa shape index (κ3) is 6.94. The number of alkyl halides is 1. The molecule has 3 rings (SSSR count). The van der Waals surface area contributed by atoms with Gasteiger partial charge in [0.25, 0.3) is 6.02 Å². The van der Waals surface area contributed by atoms with Crippen molar-refractivity contribution in [2.45, 2.75) is 58.0 Å². The molecule has 4 unspecified atom stereocenters. The Morgan fingerprint density at radius 3 is 3.06 bits per heavy atom. The number of fused-ring (bicyclic) bond motifs is 3. The molecule has 6 nitrogen and oxygen atoms in total. The molecule has 0 amide bonds. The van der Waals surface area contributed by atoms with E-state index in [1.165, 1.54) is 6.08 Å². The molecular weight excluding hydrogens is 407 g/mol. The average molecular weight is 441 g/mol. The van der Waals surface area contributed by atoms with Crippen molar-refractivity contribution in [3.63, 3.8) is 0 Å². The summed E-state index contributed by atoms with van der Waals surface area (Å²) in [7, 11) is 0. The molecule has 0 spiro atoms. The fraction of sp³-hybridized carbons (Fsp3) is 0.480. The van der Waals surface area contributed by atoms with Crippen LogP contribution in [0.15, 0.2) is 70.4 Å². The van der Waals surface area contributed by atoms with Crippen LogP contribution in [0.25, 0.3) is 0 Å². The highest BCUT2D eigenvalue weighted by Gasteiger charge is 2.43. The summed E-state index contributed by atoms with van der Waals surface area (Å²) in [6.07, 6.45) is 14.0. The monoisotopic (exact) mass is 440 g/mol. The van der Waals surface area contributed by atoms with Crippen LogP contribution in [0.3, 0.4) is 0 Å². The van der Waals surface area contributed by atoms with Gasteiger partial charge in [-0.1, -0.05) is 45.1 Å². The largest absolute Gasteiger partial charge is 0.488 e. The number of aliphatic imine (C=N–C) groups is 2. The Balaban J connectivity index is 0.00000176. The van der Waals surface area contributed by atoms with Crippen molar-refractivity contribution in [3.8, 4) is 6.07 Å². The summed E-state index contributed by atoms with van der Waals surface area (Å²) in [4.78, 5) is 11.0. The zero-order chi connectivity index (χ0) is 23.3. The van der Waals surface area contributed by atoms with Gasteiger partial charge in [-0.25, -0.2) is 9.38 Å². The number of nitrogens with zero attached hydrogens (tertiary/aromatic N) is 4. The molecule has 0 bridgehead atoms. The van der Waals surface area contributed by atoms with Crippen LogP contribution in [0.1, 0.15) is 33.6 Å². The van der Waals surface area contributed by atoms with Crippen LogP contribution in [0.2, 0.25) is 0 Å². The van der Waals surface area contributed by atoms with Gasteiger partial charge in [0.1, 0.15) is 18.5 Å². The van der Waals surface area contributed by atoms with E-state index in [0.29, 0.717) is 43.5 Å². The predicted molar refractivity (Wildman–Crippen MR) is 127 cm³/mol. The van der Waals surface area contributed by atoms with Gasteiger partial charge in [0.05, 0.1) is 37.5 Å². The summed E-state index contributed by atoms with van der Waals surface area (Å²) >= 11 is 0. The van der Waals surface area contributed by atoms with Crippen molar-refractivity contribution < 1.29 is 13.9 Å². The first kappa shape index (κ1) is 25.1. The lowest BCUT2D eigenvalue weighted by molar-refractivity contribution is 0.107. The zero-order valence-electron chi connectivity index (χ0n) is 19.2. The third-order valence-electron chi connectivity index (χ3n) is 4.85. The van der Waals surface area contributed by atoms with E-state index in [2.05, 4.69) is 27.5 Å².